The van der Waals surface area contributed by atoms with Gasteiger partial charge in [0.15, 0.2) is 5.96 Å². The highest BCUT2D eigenvalue weighted by atomic mass is 127. The third-order valence-corrected chi connectivity index (χ3v) is 4.44. The monoisotopic (exact) mass is 486 g/mol. The molecule has 0 bridgehead atoms. The molecule has 0 aliphatic heterocycles. The van der Waals surface area contributed by atoms with Crippen molar-refractivity contribution in [3.05, 3.63) is 46.8 Å². The maximum atomic E-state index is 5.80. The van der Waals surface area contributed by atoms with E-state index in [2.05, 4.69) is 46.3 Å². The van der Waals surface area contributed by atoms with E-state index in [-0.39, 0.29) is 29.9 Å². The van der Waals surface area contributed by atoms with Gasteiger partial charge in [0.1, 0.15) is 18.1 Å². The lowest BCUT2D eigenvalue weighted by atomic mass is 10.00. The van der Waals surface area contributed by atoms with Crippen LogP contribution in [0.25, 0.3) is 0 Å². The van der Waals surface area contributed by atoms with Crippen LogP contribution in [0.5, 0.6) is 5.75 Å². The number of halogens is 1. The third kappa shape index (κ3) is 6.71. The van der Waals surface area contributed by atoms with Crippen molar-refractivity contribution < 1.29 is 9.26 Å². The van der Waals surface area contributed by atoms with Crippen LogP contribution in [0, 0.1) is 20.8 Å². The predicted molar refractivity (Wildman–Crippen MR) is 120 cm³/mol. The molecule has 150 valence electrons. The first-order chi connectivity index (χ1) is 12.4. The van der Waals surface area contributed by atoms with E-state index in [1.54, 1.807) is 7.05 Å². The predicted octanol–water partition coefficient (Wildman–Crippen LogP) is 3.91. The molecule has 0 radical (unpaired) electrons. The number of aromatic nitrogens is 1. The summed E-state index contributed by atoms with van der Waals surface area (Å²) in [4.78, 5) is 6.42. The molecule has 0 aliphatic carbocycles. The zero-order chi connectivity index (χ0) is 19.1. The highest BCUT2D eigenvalue weighted by Gasteiger charge is 2.17. The number of aryl methyl sites for hydroxylation is 3. The van der Waals surface area contributed by atoms with Crippen molar-refractivity contribution in [2.75, 3.05) is 33.8 Å². The molecule has 0 amide bonds. The average molecular weight is 486 g/mol. The second-order valence-corrected chi connectivity index (χ2v) is 6.65. The molecule has 0 saturated heterocycles. The standard InChI is InChI=1S/C20H30N4O2.HI/c1-14-7-9-18(10-8-14)25-12-11-24(6)20(21-5)22-13-15(2)19-16(3)23-26-17(19)4;/h7-10,15H,11-13H2,1-6H3,(H,21,22);1H. The quantitative estimate of drug-likeness (QED) is 0.366. The largest absolute Gasteiger partial charge is 0.492 e. The van der Waals surface area contributed by atoms with Crippen molar-refractivity contribution in [2.24, 2.45) is 4.99 Å². The molecule has 1 N–H and O–H groups in total. The van der Waals surface area contributed by atoms with Gasteiger partial charge in [-0.05, 0) is 32.9 Å². The molecule has 0 saturated carbocycles. The lowest BCUT2D eigenvalue weighted by Crippen LogP contribution is -2.42. The lowest BCUT2D eigenvalue weighted by Gasteiger charge is -2.23. The summed E-state index contributed by atoms with van der Waals surface area (Å²) < 4.78 is 11.1. The van der Waals surface area contributed by atoms with Crippen LogP contribution >= 0.6 is 24.0 Å². The average Bonchev–Trinajstić information content (AvgIpc) is 2.95. The number of hydrogen-bond donors (Lipinski definition) is 1. The van der Waals surface area contributed by atoms with E-state index in [1.807, 2.05) is 33.0 Å². The minimum absolute atomic E-state index is 0. The summed E-state index contributed by atoms with van der Waals surface area (Å²) in [6.45, 7) is 10.3. The van der Waals surface area contributed by atoms with Crippen molar-refractivity contribution in [3.8, 4) is 5.75 Å². The maximum Gasteiger partial charge on any atom is 0.193 e. The molecule has 27 heavy (non-hydrogen) atoms. The van der Waals surface area contributed by atoms with Crippen LogP contribution in [0.1, 0.15) is 35.4 Å². The minimum Gasteiger partial charge on any atom is -0.492 e. The van der Waals surface area contributed by atoms with Crippen LogP contribution in [0.3, 0.4) is 0 Å². The Morgan fingerprint density at radius 1 is 1.26 bits per heavy atom. The second-order valence-electron chi connectivity index (χ2n) is 6.65. The van der Waals surface area contributed by atoms with Crippen molar-refractivity contribution in [1.82, 2.24) is 15.4 Å². The molecular formula is C20H31IN4O2. The van der Waals surface area contributed by atoms with Crippen molar-refractivity contribution in [2.45, 2.75) is 33.6 Å². The van der Waals surface area contributed by atoms with Crippen LogP contribution in [-0.4, -0.2) is 49.8 Å². The fourth-order valence-electron chi connectivity index (χ4n) is 2.97. The fraction of sp³-hybridized carbons (Fsp3) is 0.500. The number of rotatable bonds is 7. The molecule has 7 heteroatoms. The summed E-state index contributed by atoms with van der Waals surface area (Å²) in [5.41, 5.74) is 3.34. The van der Waals surface area contributed by atoms with Gasteiger partial charge in [0.25, 0.3) is 0 Å². The Morgan fingerprint density at radius 3 is 2.48 bits per heavy atom. The first-order valence-electron chi connectivity index (χ1n) is 8.96. The van der Waals surface area contributed by atoms with Gasteiger partial charge in [-0.2, -0.15) is 0 Å². The van der Waals surface area contributed by atoms with Crippen LogP contribution in [0.4, 0.5) is 0 Å². The van der Waals surface area contributed by atoms with Gasteiger partial charge in [0.2, 0.25) is 0 Å². The van der Waals surface area contributed by atoms with Gasteiger partial charge < -0.3 is 19.5 Å². The van der Waals surface area contributed by atoms with Gasteiger partial charge in [-0.15, -0.1) is 24.0 Å². The number of ether oxygens (including phenoxy) is 1. The van der Waals surface area contributed by atoms with Crippen molar-refractivity contribution in [3.63, 3.8) is 0 Å². The number of hydrogen-bond acceptors (Lipinski definition) is 4. The summed E-state index contributed by atoms with van der Waals surface area (Å²) in [5.74, 6) is 2.90. The molecule has 1 aromatic heterocycles. The Balaban J connectivity index is 0.00000364. The molecule has 0 spiro atoms. The number of guanidine groups is 1. The fourth-order valence-corrected chi connectivity index (χ4v) is 2.97. The van der Waals surface area contributed by atoms with Gasteiger partial charge in [-0.1, -0.05) is 29.8 Å². The highest BCUT2D eigenvalue weighted by Crippen LogP contribution is 2.22. The molecule has 6 nitrogen and oxygen atoms in total. The van der Waals surface area contributed by atoms with Crippen LogP contribution < -0.4 is 10.1 Å². The molecule has 1 heterocycles. The molecule has 1 aromatic carbocycles. The molecule has 1 unspecified atom stereocenters. The van der Waals surface area contributed by atoms with Gasteiger partial charge in [-0.3, -0.25) is 4.99 Å². The number of aliphatic imine (C=N–C) groups is 1. The highest BCUT2D eigenvalue weighted by molar-refractivity contribution is 14.0. The summed E-state index contributed by atoms with van der Waals surface area (Å²) in [6, 6.07) is 8.09. The van der Waals surface area contributed by atoms with Crippen LogP contribution in [0.2, 0.25) is 0 Å². The van der Waals surface area contributed by atoms with Crippen molar-refractivity contribution >= 4 is 29.9 Å². The van der Waals surface area contributed by atoms with Gasteiger partial charge in [0, 0.05) is 32.1 Å². The Bertz CT molecular complexity index is 709. The first kappa shape index (κ1) is 23.3. The first-order valence-corrected chi connectivity index (χ1v) is 8.96. The Labute approximate surface area is 179 Å². The van der Waals surface area contributed by atoms with Gasteiger partial charge in [0.05, 0.1) is 12.2 Å². The summed E-state index contributed by atoms with van der Waals surface area (Å²) in [5, 5.41) is 7.45. The third-order valence-electron chi connectivity index (χ3n) is 4.44. The molecular weight excluding hydrogens is 455 g/mol. The summed E-state index contributed by atoms with van der Waals surface area (Å²) in [7, 11) is 3.80. The zero-order valence-electron chi connectivity index (χ0n) is 17.1. The summed E-state index contributed by atoms with van der Waals surface area (Å²) in [6.07, 6.45) is 0. The van der Waals surface area contributed by atoms with E-state index in [0.29, 0.717) is 6.61 Å². The smallest absolute Gasteiger partial charge is 0.193 e. The summed E-state index contributed by atoms with van der Waals surface area (Å²) >= 11 is 0. The normalized spacial score (nSPS) is 12.3. The number of nitrogens with zero attached hydrogens (tertiary/aromatic N) is 3. The van der Waals surface area contributed by atoms with Crippen LogP contribution in [0.15, 0.2) is 33.8 Å². The van der Waals surface area contributed by atoms with E-state index < -0.39 is 0 Å². The minimum atomic E-state index is 0. The number of likely N-dealkylation sites (N-methyl/N-ethyl adjacent to an activating group) is 1. The molecule has 0 aliphatic rings. The van der Waals surface area contributed by atoms with E-state index in [9.17, 15) is 0 Å². The Morgan fingerprint density at radius 2 is 1.93 bits per heavy atom. The van der Waals surface area contributed by atoms with Gasteiger partial charge >= 0.3 is 0 Å². The zero-order valence-corrected chi connectivity index (χ0v) is 19.4. The number of benzene rings is 1. The van der Waals surface area contributed by atoms with Gasteiger partial charge in [-0.25, -0.2) is 0 Å². The Kier molecular flexibility index (Phi) is 9.62. The lowest BCUT2D eigenvalue weighted by molar-refractivity contribution is 0.281. The molecule has 1 atom stereocenters. The van der Waals surface area contributed by atoms with E-state index in [1.165, 1.54) is 11.1 Å². The van der Waals surface area contributed by atoms with E-state index in [4.69, 9.17) is 9.26 Å². The Hall–Kier alpha value is -1.77. The van der Waals surface area contributed by atoms with E-state index >= 15 is 0 Å². The molecule has 2 aromatic rings. The van der Waals surface area contributed by atoms with E-state index in [0.717, 1.165) is 36.3 Å². The maximum absolute atomic E-state index is 5.80. The number of nitrogens with one attached hydrogen (secondary N) is 1. The molecule has 0 fully saturated rings. The second kappa shape index (κ2) is 11.2. The van der Waals surface area contributed by atoms with Crippen LogP contribution in [-0.2, 0) is 0 Å². The topological polar surface area (TPSA) is 62.9 Å². The molecule has 2 rings (SSSR count). The van der Waals surface area contributed by atoms with Crippen molar-refractivity contribution in [1.29, 1.82) is 0 Å². The SMILES string of the molecule is CN=C(NCC(C)c1c(C)noc1C)N(C)CCOc1ccc(C)cc1.I.